The van der Waals surface area contributed by atoms with Crippen molar-refractivity contribution in [1.82, 2.24) is 4.98 Å². The maximum absolute atomic E-state index is 5.53. The molecule has 0 aliphatic rings. The maximum atomic E-state index is 5.53. The van der Waals surface area contributed by atoms with E-state index < -0.39 is 0 Å². The molecule has 0 fully saturated rings. The van der Waals surface area contributed by atoms with Crippen molar-refractivity contribution in [1.29, 1.82) is 0 Å². The maximum Gasteiger partial charge on any atom is 0.215 e. The third kappa shape index (κ3) is 3.63. The molecule has 0 unspecified atom stereocenters. The molecule has 1 heterocycles. The second kappa shape index (κ2) is 6.45. The smallest absolute Gasteiger partial charge is 0.215 e. The van der Waals surface area contributed by atoms with E-state index >= 15 is 0 Å². The SMILES string of the molecule is CNc1cccc(OC/C=C/c2ccccc2)n1. The van der Waals surface area contributed by atoms with Gasteiger partial charge in [-0.15, -0.1) is 0 Å². The summed E-state index contributed by atoms with van der Waals surface area (Å²) in [4.78, 5) is 4.27. The Bertz CT molecular complexity index is 509. The highest BCUT2D eigenvalue weighted by Gasteiger charge is 1.94. The Balaban J connectivity index is 1.86. The van der Waals surface area contributed by atoms with Crippen LogP contribution in [0.5, 0.6) is 5.88 Å². The van der Waals surface area contributed by atoms with E-state index in [1.54, 1.807) is 0 Å². The van der Waals surface area contributed by atoms with Crippen molar-refractivity contribution in [2.75, 3.05) is 19.0 Å². The largest absolute Gasteiger partial charge is 0.473 e. The van der Waals surface area contributed by atoms with Crippen LogP contribution in [0.4, 0.5) is 5.82 Å². The van der Waals surface area contributed by atoms with Crippen LogP contribution in [0.2, 0.25) is 0 Å². The van der Waals surface area contributed by atoms with Crippen LogP contribution < -0.4 is 10.1 Å². The van der Waals surface area contributed by atoms with Crippen LogP contribution in [0.25, 0.3) is 6.08 Å². The van der Waals surface area contributed by atoms with E-state index in [1.165, 1.54) is 0 Å². The van der Waals surface area contributed by atoms with Crippen molar-refractivity contribution in [3.05, 3.63) is 60.2 Å². The first-order valence-electron chi connectivity index (χ1n) is 5.87. The highest BCUT2D eigenvalue weighted by molar-refractivity contribution is 5.48. The molecule has 1 N–H and O–H groups in total. The molecule has 1 aromatic heterocycles. The van der Waals surface area contributed by atoms with E-state index in [2.05, 4.69) is 22.4 Å². The van der Waals surface area contributed by atoms with Crippen molar-refractivity contribution in [2.45, 2.75) is 0 Å². The van der Waals surface area contributed by atoms with Gasteiger partial charge in [0.05, 0.1) is 0 Å². The fraction of sp³-hybridized carbons (Fsp3) is 0.133. The number of nitrogens with one attached hydrogen (secondary N) is 1. The predicted octanol–water partition coefficient (Wildman–Crippen LogP) is 3.22. The standard InChI is InChI=1S/C15H16N2O/c1-16-14-10-5-11-15(17-14)18-12-6-9-13-7-3-2-4-8-13/h2-11H,12H2,1H3,(H,16,17)/b9-6+. The minimum absolute atomic E-state index is 0.509. The van der Waals surface area contributed by atoms with E-state index in [1.807, 2.05) is 55.6 Å². The first-order chi connectivity index (χ1) is 8.88. The number of benzene rings is 1. The molecular formula is C15H16N2O. The third-order valence-corrected chi connectivity index (χ3v) is 2.42. The molecule has 2 aromatic rings. The van der Waals surface area contributed by atoms with Gasteiger partial charge in [-0.25, -0.2) is 0 Å². The van der Waals surface area contributed by atoms with E-state index in [4.69, 9.17) is 4.74 Å². The van der Waals surface area contributed by atoms with Crippen molar-refractivity contribution >= 4 is 11.9 Å². The number of aromatic nitrogens is 1. The zero-order chi connectivity index (χ0) is 12.6. The summed E-state index contributed by atoms with van der Waals surface area (Å²) < 4.78 is 5.53. The molecule has 1 aromatic carbocycles. The summed E-state index contributed by atoms with van der Waals surface area (Å²) in [7, 11) is 1.83. The van der Waals surface area contributed by atoms with Crippen LogP contribution in [0, 0.1) is 0 Å². The molecule has 0 saturated heterocycles. The van der Waals surface area contributed by atoms with Crippen LogP contribution >= 0.6 is 0 Å². The zero-order valence-corrected chi connectivity index (χ0v) is 10.3. The Kier molecular flexibility index (Phi) is 4.36. The summed E-state index contributed by atoms with van der Waals surface area (Å²) in [6.07, 6.45) is 4.00. The van der Waals surface area contributed by atoms with Gasteiger partial charge < -0.3 is 10.1 Å². The van der Waals surface area contributed by atoms with Gasteiger partial charge in [-0.1, -0.05) is 42.5 Å². The topological polar surface area (TPSA) is 34.1 Å². The van der Waals surface area contributed by atoms with E-state index in [0.717, 1.165) is 11.4 Å². The molecule has 2 rings (SSSR count). The van der Waals surface area contributed by atoms with Crippen LogP contribution in [0.1, 0.15) is 5.56 Å². The summed E-state index contributed by atoms with van der Waals surface area (Å²) >= 11 is 0. The molecule has 18 heavy (non-hydrogen) atoms. The van der Waals surface area contributed by atoms with E-state index in [9.17, 15) is 0 Å². The fourth-order valence-electron chi connectivity index (χ4n) is 1.52. The van der Waals surface area contributed by atoms with Crippen molar-refractivity contribution in [3.8, 4) is 5.88 Å². The normalized spacial score (nSPS) is 10.5. The lowest BCUT2D eigenvalue weighted by Gasteiger charge is -2.04. The van der Waals surface area contributed by atoms with Crippen molar-refractivity contribution in [2.24, 2.45) is 0 Å². The number of pyridine rings is 1. The van der Waals surface area contributed by atoms with Gasteiger partial charge in [0.2, 0.25) is 5.88 Å². The lowest BCUT2D eigenvalue weighted by molar-refractivity contribution is 0.349. The Labute approximate surface area is 107 Å². The van der Waals surface area contributed by atoms with Crippen LogP contribution in [0.15, 0.2) is 54.6 Å². The first-order valence-corrected chi connectivity index (χ1v) is 5.87. The predicted molar refractivity (Wildman–Crippen MR) is 74.8 cm³/mol. The first kappa shape index (κ1) is 12.2. The summed E-state index contributed by atoms with van der Waals surface area (Å²) in [5.41, 5.74) is 1.16. The number of ether oxygens (including phenoxy) is 1. The molecule has 0 atom stereocenters. The minimum atomic E-state index is 0.509. The molecule has 0 aliphatic carbocycles. The van der Waals surface area contributed by atoms with Gasteiger partial charge >= 0.3 is 0 Å². The average Bonchev–Trinajstić information content (AvgIpc) is 2.45. The van der Waals surface area contributed by atoms with E-state index in [-0.39, 0.29) is 0 Å². The van der Waals surface area contributed by atoms with Gasteiger partial charge in [0.15, 0.2) is 0 Å². The van der Waals surface area contributed by atoms with Gasteiger partial charge in [-0.2, -0.15) is 4.98 Å². The quantitative estimate of drug-likeness (QED) is 0.871. The third-order valence-electron chi connectivity index (χ3n) is 2.42. The molecule has 3 nitrogen and oxygen atoms in total. The molecule has 0 bridgehead atoms. The molecule has 0 amide bonds. The van der Waals surface area contributed by atoms with Gasteiger partial charge in [0, 0.05) is 13.1 Å². The Hall–Kier alpha value is -2.29. The van der Waals surface area contributed by atoms with Crippen LogP contribution in [0.3, 0.4) is 0 Å². The Morgan fingerprint density at radius 2 is 1.94 bits per heavy atom. The second-order valence-electron chi connectivity index (χ2n) is 3.74. The minimum Gasteiger partial charge on any atom is -0.473 e. The lowest BCUT2D eigenvalue weighted by atomic mass is 10.2. The highest BCUT2D eigenvalue weighted by atomic mass is 16.5. The monoisotopic (exact) mass is 240 g/mol. The van der Waals surface area contributed by atoms with Gasteiger partial charge in [-0.05, 0) is 17.7 Å². The Morgan fingerprint density at radius 1 is 1.11 bits per heavy atom. The van der Waals surface area contributed by atoms with Crippen molar-refractivity contribution < 1.29 is 4.74 Å². The average molecular weight is 240 g/mol. The highest BCUT2D eigenvalue weighted by Crippen LogP contribution is 2.10. The summed E-state index contributed by atoms with van der Waals surface area (Å²) in [5.74, 6) is 1.43. The number of hydrogen-bond donors (Lipinski definition) is 1. The molecule has 0 saturated carbocycles. The number of nitrogens with zero attached hydrogens (tertiary/aromatic N) is 1. The van der Waals surface area contributed by atoms with Gasteiger partial charge in [0.25, 0.3) is 0 Å². The Morgan fingerprint density at radius 3 is 2.72 bits per heavy atom. The van der Waals surface area contributed by atoms with Gasteiger partial charge in [-0.3, -0.25) is 0 Å². The number of anilines is 1. The zero-order valence-electron chi connectivity index (χ0n) is 10.3. The number of rotatable bonds is 5. The summed E-state index contributed by atoms with van der Waals surface area (Å²) in [5, 5.41) is 2.97. The molecule has 0 spiro atoms. The molecule has 92 valence electrons. The lowest BCUT2D eigenvalue weighted by Crippen LogP contribution is -1.98. The summed E-state index contributed by atoms with van der Waals surface area (Å²) in [6, 6.07) is 15.8. The van der Waals surface area contributed by atoms with Crippen LogP contribution in [-0.4, -0.2) is 18.6 Å². The summed E-state index contributed by atoms with van der Waals surface area (Å²) in [6.45, 7) is 0.509. The number of hydrogen-bond acceptors (Lipinski definition) is 3. The molecule has 0 radical (unpaired) electrons. The van der Waals surface area contributed by atoms with Crippen molar-refractivity contribution in [3.63, 3.8) is 0 Å². The second-order valence-corrected chi connectivity index (χ2v) is 3.74. The van der Waals surface area contributed by atoms with Crippen LogP contribution in [-0.2, 0) is 0 Å². The van der Waals surface area contributed by atoms with E-state index in [0.29, 0.717) is 12.5 Å². The van der Waals surface area contributed by atoms with Gasteiger partial charge in [0.1, 0.15) is 12.4 Å². The molecule has 3 heteroatoms. The molecular weight excluding hydrogens is 224 g/mol. The fourth-order valence-corrected chi connectivity index (χ4v) is 1.52. The molecule has 0 aliphatic heterocycles.